The monoisotopic (exact) mass is 536 g/mol. The zero-order valence-corrected chi connectivity index (χ0v) is 26.0. The van der Waals surface area contributed by atoms with Gasteiger partial charge in [0.25, 0.3) is 0 Å². The van der Waals surface area contributed by atoms with Crippen molar-refractivity contribution in [3.8, 4) is 0 Å². The molecule has 40 heavy (non-hydrogen) atoms. The average Bonchev–Trinajstić information content (AvgIpc) is 3.67. The fourth-order valence-corrected chi connectivity index (χ4v) is 7.40. The van der Waals surface area contributed by atoms with Crippen LogP contribution in [0.25, 0.3) is 18.2 Å². The molecule has 212 valence electrons. The smallest absolute Gasteiger partial charge is 0.0693 e. The maximum atomic E-state index is 5.31. The van der Waals surface area contributed by atoms with Crippen molar-refractivity contribution in [1.82, 2.24) is 15.0 Å². The van der Waals surface area contributed by atoms with Crippen LogP contribution in [-0.4, -0.2) is 20.7 Å². The lowest BCUT2D eigenvalue weighted by atomic mass is 9.97. The number of hydrogen-bond acceptors (Lipinski definition) is 1. The predicted molar refractivity (Wildman–Crippen MR) is 172 cm³/mol. The van der Waals surface area contributed by atoms with Crippen molar-refractivity contribution in [2.24, 2.45) is 4.99 Å². The van der Waals surface area contributed by atoms with Gasteiger partial charge < -0.3 is 15.0 Å². The minimum absolute atomic E-state index is 0.902. The Morgan fingerprint density at radius 2 is 0.975 bits per heavy atom. The van der Waals surface area contributed by atoms with Gasteiger partial charge in [-0.25, -0.2) is 4.99 Å². The zero-order valence-electron chi connectivity index (χ0n) is 26.0. The fraction of sp³-hybridized carbons (Fsp3) is 0.472. The SMILES string of the molecule is CCC1=C(CC)C2=NC1=Cc1[nH]c(c(CC)c1CC)Cc1[nH]c(c(CC)c1CC)C=c1[nH]c(c(CC)c1CC)=C2. The lowest BCUT2D eigenvalue weighted by molar-refractivity contribution is 0.956. The Balaban J connectivity index is 1.91. The minimum Gasteiger partial charge on any atom is -0.358 e. The van der Waals surface area contributed by atoms with Gasteiger partial charge in [-0.15, -0.1) is 0 Å². The zero-order chi connectivity index (χ0) is 28.6. The summed E-state index contributed by atoms with van der Waals surface area (Å²) in [5.74, 6) is 0. The molecule has 0 fully saturated rings. The molecular formula is C36H48N4. The topological polar surface area (TPSA) is 59.7 Å². The number of aromatic nitrogens is 3. The van der Waals surface area contributed by atoms with Crippen LogP contribution in [-0.2, 0) is 44.9 Å². The largest absolute Gasteiger partial charge is 0.358 e. The van der Waals surface area contributed by atoms with Gasteiger partial charge in [0.15, 0.2) is 0 Å². The predicted octanol–water partition coefficient (Wildman–Crippen LogP) is 7.17. The summed E-state index contributed by atoms with van der Waals surface area (Å²) in [6.45, 7) is 18.3. The number of allylic oxidation sites excluding steroid dienone is 2. The summed E-state index contributed by atoms with van der Waals surface area (Å²) in [5.41, 5.74) is 18.9. The van der Waals surface area contributed by atoms with Crippen LogP contribution in [0.4, 0.5) is 0 Å². The maximum Gasteiger partial charge on any atom is 0.0693 e. The van der Waals surface area contributed by atoms with Crippen molar-refractivity contribution in [2.75, 3.05) is 0 Å². The standard InChI is InChI=1S/C36H48N4/c1-9-21-22(10-2)30-18-32-25(13-5)26(14-6)34(39-32)20-36-28(16-8)27(15-7)35(40-36)19-33-24(12-4)23(11-3)31(38-33)17-29(21)37-30/h17-19,37,39-40H,9-16,20H2,1-8H3. The van der Waals surface area contributed by atoms with E-state index in [9.17, 15) is 0 Å². The van der Waals surface area contributed by atoms with Crippen molar-refractivity contribution in [2.45, 2.75) is 113 Å². The molecule has 0 saturated carbocycles. The number of rotatable bonds is 8. The van der Waals surface area contributed by atoms with E-state index >= 15 is 0 Å². The fourth-order valence-electron chi connectivity index (χ4n) is 7.40. The van der Waals surface area contributed by atoms with Crippen LogP contribution in [0.2, 0.25) is 0 Å². The quantitative estimate of drug-likeness (QED) is 0.273. The second-order valence-corrected chi connectivity index (χ2v) is 11.1. The second-order valence-electron chi connectivity index (χ2n) is 11.1. The highest BCUT2D eigenvalue weighted by Crippen LogP contribution is 2.34. The van der Waals surface area contributed by atoms with Gasteiger partial charge in [0.05, 0.1) is 11.4 Å². The van der Waals surface area contributed by atoms with Gasteiger partial charge in [0, 0.05) is 39.9 Å². The number of H-pyrrole nitrogens is 3. The lowest BCUT2D eigenvalue weighted by Crippen LogP contribution is -2.15. The first-order valence-electron chi connectivity index (χ1n) is 15.9. The molecule has 2 aliphatic rings. The normalized spacial score (nSPS) is 14.8. The molecular weight excluding hydrogens is 488 g/mol. The Morgan fingerprint density at radius 1 is 0.500 bits per heavy atom. The summed E-state index contributed by atoms with van der Waals surface area (Å²) in [7, 11) is 0. The van der Waals surface area contributed by atoms with E-state index in [0.717, 1.165) is 69.2 Å². The van der Waals surface area contributed by atoms with E-state index in [1.54, 1.807) is 0 Å². The molecule has 8 bridgehead atoms. The Kier molecular flexibility index (Phi) is 8.26. The van der Waals surface area contributed by atoms with Crippen LogP contribution in [0, 0.1) is 0 Å². The van der Waals surface area contributed by atoms with Crippen molar-refractivity contribution < 1.29 is 0 Å². The Hall–Kier alpha value is -3.27. The Bertz CT molecular complexity index is 1640. The first kappa shape index (κ1) is 28.3. The number of nitrogens with one attached hydrogen (secondary N) is 3. The summed E-state index contributed by atoms with van der Waals surface area (Å²) < 4.78 is 0. The van der Waals surface area contributed by atoms with E-state index in [0.29, 0.717) is 0 Å². The van der Waals surface area contributed by atoms with E-state index < -0.39 is 0 Å². The molecule has 0 radical (unpaired) electrons. The molecule has 0 spiro atoms. The molecule has 3 aromatic rings. The maximum absolute atomic E-state index is 5.31. The third-order valence-electron chi connectivity index (χ3n) is 9.22. The molecule has 0 aliphatic carbocycles. The summed E-state index contributed by atoms with van der Waals surface area (Å²) in [4.78, 5) is 17.0. The van der Waals surface area contributed by atoms with Crippen molar-refractivity contribution in [3.05, 3.63) is 83.7 Å². The lowest BCUT2D eigenvalue weighted by Gasteiger charge is -2.06. The van der Waals surface area contributed by atoms with Crippen LogP contribution in [0.3, 0.4) is 0 Å². The van der Waals surface area contributed by atoms with E-state index in [1.165, 1.54) is 78.0 Å². The molecule has 0 saturated heterocycles. The van der Waals surface area contributed by atoms with Gasteiger partial charge >= 0.3 is 0 Å². The number of nitrogens with zero attached hydrogens (tertiary/aromatic N) is 1. The molecule has 3 N–H and O–H groups in total. The molecule has 2 aliphatic heterocycles. The average molecular weight is 537 g/mol. The highest BCUT2D eigenvalue weighted by atomic mass is 14.8. The van der Waals surface area contributed by atoms with Gasteiger partial charge in [0.2, 0.25) is 0 Å². The van der Waals surface area contributed by atoms with Crippen LogP contribution in [0.1, 0.15) is 124 Å². The summed E-state index contributed by atoms with van der Waals surface area (Å²) in [5, 5.41) is 2.45. The van der Waals surface area contributed by atoms with Crippen molar-refractivity contribution in [3.63, 3.8) is 0 Å². The first-order valence-corrected chi connectivity index (χ1v) is 15.9. The molecule has 4 heteroatoms. The molecule has 4 nitrogen and oxygen atoms in total. The third-order valence-corrected chi connectivity index (χ3v) is 9.22. The molecule has 5 rings (SSSR count). The van der Waals surface area contributed by atoms with Crippen LogP contribution in [0.15, 0.2) is 21.8 Å². The highest BCUT2D eigenvalue weighted by Gasteiger charge is 2.24. The number of hydrogen-bond donors (Lipinski definition) is 3. The van der Waals surface area contributed by atoms with Crippen LogP contribution in [0.5, 0.6) is 0 Å². The van der Waals surface area contributed by atoms with E-state index in [2.05, 4.69) is 88.6 Å². The third kappa shape index (κ3) is 4.60. The van der Waals surface area contributed by atoms with E-state index in [-0.39, 0.29) is 0 Å². The van der Waals surface area contributed by atoms with E-state index in [4.69, 9.17) is 4.99 Å². The van der Waals surface area contributed by atoms with Crippen LogP contribution < -0.4 is 10.7 Å². The van der Waals surface area contributed by atoms with Crippen LogP contribution >= 0.6 is 0 Å². The van der Waals surface area contributed by atoms with Gasteiger partial charge in [-0.1, -0.05) is 55.4 Å². The van der Waals surface area contributed by atoms with Gasteiger partial charge in [0.1, 0.15) is 0 Å². The summed E-state index contributed by atoms with van der Waals surface area (Å²) in [6.07, 6.45) is 16.0. The van der Waals surface area contributed by atoms with Crippen molar-refractivity contribution in [1.29, 1.82) is 0 Å². The molecule has 3 aromatic heterocycles. The molecule has 0 atom stereocenters. The number of fused-ring (bicyclic) bond motifs is 7. The van der Waals surface area contributed by atoms with Gasteiger partial charge in [-0.3, -0.25) is 0 Å². The van der Waals surface area contributed by atoms with Gasteiger partial charge in [-0.2, -0.15) is 0 Å². The summed E-state index contributed by atoms with van der Waals surface area (Å²) in [6, 6.07) is 0. The minimum atomic E-state index is 0.902. The number of aromatic amines is 3. The first-order chi connectivity index (χ1) is 19.5. The van der Waals surface area contributed by atoms with E-state index in [1.807, 2.05) is 0 Å². The second kappa shape index (κ2) is 11.7. The highest BCUT2D eigenvalue weighted by molar-refractivity contribution is 6.23. The molecule has 0 amide bonds. The Labute approximate surface area is 240 Å². The molecule has 0 unspecified atom stereocenters. The summed E-state index contributed by atoms with van der Waals surface area (Å²) >= 11 is 0. The van der Waals surface area contributed by atoms with Crippen molar-refractivity contribution >= 4 is 23.9 Å². The molecule has 5 heterocycles. The van der Waals surface area contributed by atoms with Gasteiger partial charge in [-0.05, 0) is 114 Å². The molecule has 0 aromatic carbocycles. The number of aliphatic imine (C=N–C) groups is 1. The Morgan fingerprint density at radius 3 is 1.45 bits per heavy atom.